The van der Waals surface area contributed by atoms with Crippen molar-refractivity contribution in [1.82, 2.24) is 4.98 Å². The molecule has 0 saturated heterocycles. The van der Waals surface area contributed by atoms with Crippen LogP contribution in [-0.4, -0.2) is 16.9 Å². The van der Waals surface area contributed by atoms with Crippen molar-refractivity contribution in [3.05, 3.63) is 53.3 Å². The van der Waals surface area contributed by atoms with Crippen LogP contribution in [0.25, 0.3) is 0 Å². The van der Waals surface area contributed by atoms with Crippen LogP contribution in [0.1, 0.15) is 49.0 Å². The van der Waals surface area contributed by atoms with E-state index in [0.29, 0.717) is 22.4 Å². The molecule has 126 valence electrons. The number of pyridine rings is 1. The summed E-state index contributed by atoms with van der Waals surface area (Å²) in [5.41, 5.74) is 1.92. The number of nitrogens with one attached hydrogen (secondary N) is 2. The number of carbonyl (C=O) groups excluding carboxylic acids is 1. The van der Waals surface area contributed by atoms with Crippen LogP contribution >= 0.6 is 11.6 Å². The molecule has 3 rings (SSSR count). The van der Waals surface area contributed by atoms with Crippen LogP contribution < -0.4 is 10.6 Å². The number of halogens is 1. The Bertz CT molecular complexity index is 697. The number of hydrogen-bond acceptors (Lipinski definition) is 3. The van der Waals surface area contributed by atoms with E-state index < -0.39 is 0 Å². The molecule has 24 heavy (non-hydrogen) atoms. The fourth-order valence-electron chi connectivity index (χ4n) is 3.05. The van der Waals surface area contributed by atoms with Crippen molar-refractivity contribution in [2.75, 3.05) is 10.6 Å². The number of para-hydroxylation sites is 1. The molecule has 2 aromatic rings. The molecule has 5 heteroatoms. The van der Waals surface area contributed by atoms with Gasteiger partial charge >= 0.3 is 0 Å². The number of hydrogen-bond donors (Lipinski definition) is 2. The monoisotopic (exact) mass is 343 g/mol. The number of anilines is 2. The van der Waals surface area contributed by atoms with Gasteiger partial charge in [0.15, 0.2) is 0 Å². The first kappa shape index (κ1) is 16.8. The highest BCUT2D eigenvalue weighted by Gasteiger charge is 2.14. The number of aromatic nitrogens is 1. The van der Waals surface area contributed by atoms with Gasteiger partial charge in [0.25, 0.3) is 5.91 Å². The third-order valence-corrected chi connectivity index (χ3v) is 4.67. The van der Waals surface area contributed by atoms with Crippen LogP contribution in [0, 0.1) is 0 Å². The van der Waals surface area contributed by atoms with Gasteiger partial charge in [0.1, 0.15) is 5.69 Å². The molecule has 1 heterocycles. The summed E-state index contributed by atoms with van der Waals surface area (Å²) >= 11 is 6.08. The van der Waals surface area contributed by atoms with Crippen LogP contribution in [0.3, 0.4) is 0 Å². The summed E-state index contributed by atoms with van der Waals surface area (Å²) < 4.78 is 0. The van der Waals surface area contributed by atoms with Gasteiger partial charge in [-0.3, -0.25) is 9.78 Å². The minimum Gasteiger partial charge on any atom is -0.382 e. The van der Waals surface area contributed by atoms with E-state index in [9.17, 15) is 4.79 Å². The summed E-state index contributed by atoms with van der Waals surface area (Å²) in [7, 11) is 0. The summed E-state index contributed by atoms with van der Waals surface area (Å²) in [6.07, 6.45) is 9.21. The fourth-order valence-corrected chi connectivity index (χ4v) is 3.24. The second-order valence-electron chi connectivity index (χ2n) is 6.20. The zero-order chi connectivity index (χ0) is 16.8. The van der Waals surface area contributed by atoms with E-state index in [1.54, 1.807) is 24.4 Å². The summed E-state index contributed by atoms with van der Waals surface area (Å²) in [5.74, 6) is -0.257. The molecule has 0 unspecified atom stereocenters. The molecule has 1 aliphatic rings. The summed E-state index contributed by atoms with van der Waals surface area (Å²) in [6, 6.07) is 11.4. The van der Waals surface area contributed by atoms with E-state index in [0.717, 1.165) is 5.69 Å². The van der Waals surface area contributed by atoms with Gasteiger partial charge in [-0.1, -0.05) is 49.4 Å². The van der Waals surface area contributed by atoms with E-state index in [1.165, 1.54) is 38.5 Å². The molecule has 1 fully saturated rings. The highest BCUT2D eigenvalue weighted by Crippen LogP contribution is 2.23. The lowest BCUT2D eigenvalue weighted by Crippen LogP contribution is -2.19. The molecule has 1 aromatic carbocycles. The number of rotatable bonds is 4. The van der Waals surface area contributed by atoms with E-state index in [2.05, 4.69) is 15.6 Å². The Kier molecular flexibility index (Phi) is 5.70. The van der Waals surface area contributed by atoms with Crippen molar-refractivity contribution in [3.63, 3.8) is 0 Å². The van der Waals surface area contributed by atoms with Crippen molar-refractivity contribution in [2.45, 2.75) is 44.6 Å². The highest BCUT2D eigenvalue weighted by molar-refractivity contribution is 6.33. The molecule has 0 atom stereocenters. The number of amides is 1. The van der Waals surface area contributed by atoms with Crippen LogP contribution in [0.15, 0.2) is 42.6 Å². The van der Waals surface area contributed by atoms with Gasteiger partial charge in [-0.05, 0) is 37.1 Å². The minimum atomic E-state index is -0.257. The Hall–Kier alpha value is -2.07. The Balaban J connectivity index is 1.68. The van der Waals surface area contributed by atoms with Gasteiger partial charge in [0, 0.05) is 17.9 Å². The topological polar surface area (TPSA) is 54.0 Å². The van der Waals surface area contributed by atoms with E-state index >= 15 is 0 Å². The molecule has 1 saturated carbocycles. The van der Waals surface area contributed by atoms with Gasteiger partial charge in [0.05, 0.1) is 10.7 Å². The van der Waals surface area contributed by atoms with Crippen molar-refractivity contribution in [2.24, 2.45) is 0 Å². The van der Waals surface area contributed by atoms with Gasteiger partial charge in [-0.15, -0.1) is 0 Å². The molecule has 4 nitrogen and oxygen atoms in total. The van der Waals surface area contributed by atoms with Gasteiger partial charge in [-0.2, -0.15) is 0 Å². The van der Waals surface area contributed by atoms with Crippen molar-refractivity contribution in [3.8, 4) is 0 Å². The second kappa shape index (κ2) is 8.15. The molecule has 1 aromatic heterocycles. The third kappa shape index (κ3) is 4.48. The Morgan fingerprint density at radius 1 is 1.08 bits per heavy atom. The normalized spacial score (nSPS) is 15.5. The van der Waals surface area contributed by atoms with E-state index in [-0.39, 0.29) is 5.91 Å². The largest absolute Gasteiger partial charge is 0.382 e. The zero-order valence-corrected chi connectivity index (χ0v) is 14.4. The van der Waals surface area contributed by atoms with Crippen LogP contribution in [-0.2, 0) is 0 Å². The smallest absolute Gasteiger partial charge is 0.274 e. The quantitative estimate of drug-likeness (QED) is 0.757. The molecule has 1 aliphatic carbocycles. The maximum atomic E-state index is 12.4. The summed E-state index contributed by atoms with van der Waals surface area (Å²) in [6.45, 7) is 0. The average molecular weight is 344 g/mol. The van der Waals surface area contributed by atoms with E-state index in [4.69, 9.17) is 11.6 Å². The first-order valence-corrected chi connectivity index (χ1v) is 8.88. The lowest BCUT2D eigenvalue weighted by atomic mass is 10.1. The van der Waals surface area contributed by atoms with Crippen LogP contribution in [0.5, 0.6) is 0 Å². The molecular formula is C19H22ClN3O. The van der Waals surface area contributed by atoms with Crippen LogP contribution in [0.2, 0.25) is 5.02 Å². The first-order chi connectivity index (χ1) is 11.7. The standard InChI is InChI=1S/C19H22ClN3O/c20-16-9-5-6-10-17(16)23-19(24)18-13-15(11-12-21-18)22-14-7-3-1-2-4-8-14/h5-6,9-14H,1-4,7-8H2,(H,21,22)(H,23,24). The van der Waals surface area contributed by atoms with Crippen molar-refractivity contribution < 1.29 is 4.79 Å². The Morgan fingerprint density at radius 3 is 2.58 bits per heavy atom. The lowest BCUT2D eigenvalue weighted by molar-refractivity contribution is 0.102. The Morgan fingerprint density at radius 2 is 1.83 bits per heavy atom. The van der Waals surface area contributed by atoms with Crippen LogP contribution in [0.4, 0.5) is 11.4 Å². The first-order valence-electron chi connectivity index (χ1n) is 8.51. The molecule has 2 N–H and O–H groups in total. The molecule has 0 spiro atoms. The maximum absolute atomic E-state index is 12.4. The highest BCUT2D eigenvalue weighted by atomic mass is 35.5. The van der Waals surface area contributed by atoms with Crippen molar-refractivity contribution >= 4 is 28.9 Å². The number of carbonyl (C=O) groups is 1. The minimum absolute atomic E-state index is 0.257. The number of nitrogens with zero attached hydrogens (tertiary/aromatic N) is 1. The SMILES string of the molecule is O=C(Nc1ccccc1Cl)c1cc(NC2CCCCCC2)ccn1. The zero-order valence-electron chi connectivity index (χ0n) is 13.6. The lowest BCUT2D eigenvalue weighted by Gasteiger charge is -2.18. The molecule has 0 bridgehead atoms. The van der Waals surface area contributed by atoms with E-state index in [1.807, 2.05) is 18.2 Å². The molecule has 1 amide bonds. The molecule has 0 radical (unpaired) electrons. The van der Waals surface area contributed by atoms with Gasteiger partial charge < -0.3 is 10.6 Å². The second-order valence-corrected chi connectivity index (χ2v) is 6.60. The fraction of sp³-hybridized carbons (Fsp3) is 0.368. The van der Waals surface area contributed by atoms with Gasteiger partial charge in [0.2, 0.25) is 0 Å². The average Bonchev–Trinajstić information content (AvgIpc) is 2.86. The maximum Gasteiger partial charge on any atom is 0.274 e. The molecule has 0 aliphatic heterocycles. The predicted octanol–water partition coefficient (Wildman–Crippen LogP) is 5.12. The summed E-state index contributed by atoms with van der Waals surface area (Å²) in [5, 5.41) is 6.86. The molecular weight excluding hydrogens is 322 g/mol. The number of benzene rings is 1. The van der Waals surface area contributed by atoms with Gasteiger partial charge in [-0.25, -0.2) is 0 Å². The Labute approximate surface area is 147 Å². The third-order valence-electron chi connectivity index (χ3n) is 4.34. The van der Waals surface area contributed by atoms with Crippen molar-refractivity contribution in [1.29, 1.82) is 0 Å². The predicted molar refractivity (Wildman–Crippen MR) is 98.8 cm³/mol. The summed E-state index contributed by atoms with van der Waals surface area (Å²) in [4.78, 5) is 16.6.